The van der Waals surface area contributed by atoms with Crippen molar-refractivity contribution in [3.05, 3.63) is 46.8 Å². The maximum absolute atomic E-state index is 10.9. The molecule has 0 aliphatic carbocycles. The van der Waals surface area contributed by atoms with Gasteiger partial charge in [-0.15, -0.1) is 0 Å². The lowest BCUT2D eigenvalue weighted by molar-refractivity contribution is -0.385. The minimum absolute atomic E-state index is 0.149. The van der Waals surface area contributed by atoms with Crippen molar-refractivity contribution >= 4 is 28.9 Å². The molecule has 0 atom stereocenters. The van der Waals surface area contributed by atoms with Crippen LogP contribution in [0.25, 0.3) is 0 Å². The number of benzene rings is 1. The van der Waals surface area contributed by atoms with E-state index in [1.54, 1.807) is 24.3 Å². The lowest BCUT2D eigenvalue weighted by Gasteiger charge is -2.06. The molecule has 1 aromatic carbocycles. The number of nitro groups is 1. The van der Waals surface area contributed by atoms with Crippen molar-refractivity contribution in [2.45, 2.75) is 6.92 Å². The van der Waals surface area contributed by atoms with Gasteiger partial charge in [0.15, 0.2) is 0 Å². The van der Waals surface area contributed by atoms with E-state index in [4.69, 9.17) is 0 Å². The number of carbonyl (C=O) groups is 1. The van der Waals surface area contributed by atoms with Gasteiger partial charge in [-0.25, -0.2) is 9.97 Å². The van der Waals surface area contributed by atoms with Crippen LogP contribution in [-0.2, 0) is 4.79 Å². The summed E-state index contributed by atoms with van der Waals surface area (Å²) in [4.78, 5) is 28.4. The van der Waals surface area contributed by atoms with Crippen LogP contribution in [0.2, 0.25) is 0 Å². The lowest BCUT2D eigenvalue weighted by Crippen LogP contribution is -2.05. The van der Waals surface area contributed by atoms with Crippen molar-refractivity contribution in [2.75, 3.05) is 10.6 Å². The zero-order valence-electron chi connectivity index (χ0n) is 10.5. The number of carbonyl (C=O) groups excluding carboxylic acids is 1. The Kier molecular flexibility index (Phi) is 3.85. The van der Waals surface area contributed by atoms with Gasteiger partial charge in [-0.2, -0.15) is 0 Å². The Balaban J connectivity index is 2.06. The van der Waals surface area contributed by atoms with E-state index in [-0.39, 0.29) is 17.5 Å². The van der Waals surface area contributed by atoms with Crippen molar-refractivity contribution in [1.82, 2.24) is 9.97 Å². The van der Waals surface area contributed by atoms with Gasteiger partial charge in [0.2, 0.25) is 11.9 Å². The fourth-order valence-corrected chi connectivity index (χ4v) is 1.45. The molecule has 2 rings (SSSR count). The van der Waals surface area contributed by atoms with E-state index < -0.39 is 4.92 Å². The predicted octanol–water partition coefficient (Wildman–Crippen LogP) is 2.09. The summed E-state index contributed by atoms with van der Waals surface area (Å²) < 4.78 is 0. The molecule has 0 spiro atoms. The van der Waals surface area contributed by atoms with E-state index in [0.717, 1.165) is 12.4 Å². The fraction of sp³-hybridized carbons (Fsp3) is 0.0833. The largest absolute Gasteiger partial charge is 0.326 e. The summed E-state index contributed by atoms with van der Waals surface area (Å²) in [5.74, 6) is 0.104. The van der Waals surface area contributed by atoms with Gasteiger partial charge in [-0.05, 0) is 24.3 Å². The average Bonchev–Trinajstić information content (AvgIpc) is 2.41. The van der Waals surface area contributed by atoms with E-state index in [1.165, 1.54) is 6.92 Å². The highest BCUT2D eigenvalue weighted by molar-refractivity contribution is 5.88. The summed E-state index contributed by atoms with van der Waals surface area (Å²) in [6.07, 6.45) is 2.25. The number of nitrogens with one attached hydrogen (secondary N) is 2. The van der Waals surface area contributed by atoms with Crippen molar-refractivity contribution in [1.29, 1.82) is 0 Å². The summed E-state index contributed by atoms with van der Waals surface area (Å²) in [5.41, 5.74) is 1.21. The number of hydrogen-bond donors (Lipinski definition) is 2. The third-order valence-corrected chi connectivity index (χ3v) is 2.31. The molecule has 0 bridgehead atoms. The number of aromatic nitrogens is 2. The molecule has 0 radical (unpaired) electrons. The van der Waals surface area contributed by atoms with Crippen molar-refractivity contribution in [3.8, 4) is 0 Å². The molecule has 2 aromatic rings. The number of nitrogens with zero attached hydrogens (tertiary/aromatic N) is 3. The molecule has 102 valence electrons. The number of rotatable bonds is 4. The highest BCUT2D eigenvalue weighted by Crippen LogP contribution is 2.17. The molecular formula is C12H11N5O3. The monoisotopic (exact) mass is 273 g/mol. The molecule has 0 fully saturated rings. The van der Waals surface area contributed by atoms with Gasteiger partial charge in [0.25, 0.3) is 0 Å². The first-order valence-electron chi connectivity index (χ1n) is 5.66. The lowest BCUT2D eigenvalue weighted by atomic mass is 10.3. The van der Waals surface area contributed by atoms with Gasteiger partial charge in [0.1, 0.15) is 12.4 Å². The first kappa shape index (κ1) is 13.4. The second-order valence-electron chi connectivity index (χ2n) is 3.91. The van der Waals surface area contributed by atoms with Crippen LogP contribution in [0.3, 0.4) is 0 Å². The summed E-state index contributed by atoms with van der Waals surface area (Å²) >= 11 is 0. The zero-order valence-corrected chi connectivity index (χ0v) is 10.5. The average molecular weight is 273 g/mol. The molecule has 20 heavy (non-hydrogen) atoms. The number of amides is 1. The first-order valence-corrected chi connectivity index (χ1v) is 5.66. The highest BCUT2D eigenvalue weighted by atomic mass is 16.6. The molecule has 8 heteroatoms. The zero-order chi connectivity index (χ0) is 14.5. The first-order chi connectivity index (χ1) is 9.54. The number of hydrogen-bond acceptors (Lipinski definition) is 6. The van der Waals surface area contributed by atoms with E-state index in [1.807, 2.05) is 0 Å². The Bertz CT molecular complexity index is 625. The fourth-order valence-electron chi connectivity index (χ4n) is 1.45. The third-order valence-electron chi connectivity index (χ3n) is 2.31. The summed E-state index contributed by atoms with van der Waals surface area (Å²) in [7, 11) is 0. The second-order valence-corrected chi connectivity index (χ2v) is 3.91. The molecule has 0 saturated carbocycles. The van der Waals surface area contributed by atoms with Crippen LogP contribution in [-0.4, -0.2) is 20.8 Å². The quantitative estimate of drug-likeness (QED) is 0.651. The molecule has 2 N–H and O–H groups in total. The summed E-state index contributed by atoms with van der Waals surface area (Å²) in [5, 5.41) is 16.0. The van der Waals surface area contributed by atoms with Gasteiger partial charge in [-0.3, -0.25) is 14.9 Å². The van der Waals surface area contributed by atoms with Gasteiger partial charge in [0, 0.05) is 18.3 Å². The van der Waals surface area contributed by atoms with Crippen molar-refractivity contribution in [3.63, 3.8) is 0 Å². The van der Waals surface area contributed by atoms with Crippen LogP contribution in [0.4, 0.5) is 23.0 Å². The number of anilines is 3. The standard InChI is InChI=1S/C12H11N5O3/c1-8(18)15-9-2-4-10(5-3-9)16-12-13-6-11(7-14-12)17(19)20/h2-7H,1H3,(H,15,18)(H,13,14,16). The molecule has 0 aliphatic rings. The minimum Gasteiger partial charge on any atom is -0.326 e. The maximum atomic E-state index is 10.9. The Morgan fingerprint density at radius 1 is 1.15 bits per heavy atom. The topological polar surface area (TPSA) is 110 Å². The molecule has 0 saturated heterocycles. The van der Waals surface area contributed by atoms with Gasteiger partial charge in [-0.1, -0.05) is 0 Å². The third kappa shape index (κ3) is 3.48. The van der Waals surface area contributed by atoms with Crippen LogP contribution < -0.4 is 10.6 Å². The van der Waals surface area contributed by atoms with E-state index >= 15 is 0 Å². The maximum Gasteiger partial charge on any atom is 0.305 e. The van der Waals surface area contributed by atoms with Gasteiger partial charge >= 0.3 is 5.69 Å². The van der Waals surface area contributed by atoms with Gasteiger partial charge < -0.3 is 10.6 Å². The normalized spacial score (nSPS) is 9.85. The van der Waals surface area contributed by atoms with E-state index in [0.29, 0.717) is 11.4 Å². The van der Waals surface area contributed by atoms with Gasteiger partial charge in [0.05, 0.1) is 4.92 Å². The molecular weight excluding hydrogens is 262 g/mol. The molecule has 0 aliphatic heterocycles. The Hall–Kier alpha value is -3.03. The molecule has 1 amide bonds. The molecule has 8 nitrogen and oxygen atoms in total. The molecule has 1 heterocycles. The van der Waals surface area contributed by atoms with Crippen LogP contribution in [0.1, 0.15) is 6.92 Å². The van der Waals surface area contributed by atoms with E-state index in [2.05, 4.69) is 20.6 Å². The smallest absolute Gasteiger partial charge is 0.305 e. The minimum atomic E-state index is -0.563. The Labute approximate surface area is 114 Å². The molecule has 1 aromatic heterocycles. The van der Waals surface area contributed by atoms with Crippen molar-refractivity contribution < 1.29 is 9.72 Å². The van der Waals surface area contributed by atoms with Crippen LogP contribution in [0, 0.1) is 10.1 Å². The van der Waals surface area contributed by atoms with Crippen LogP contribution in [0.15, 0.2) is 36.7 Å². The van der Waals surface area contributed by atoms with Crippen LogP contribution in [0.5, 0.6) is 0 Å². The Morgan fingerprint density at radius 2 is 1.70 bits per heavy atom. The highest BCUT2D eigenvalue weighted by Gasteiger charge is 2.06. The Morgan fingerprint density at radius 3 is 2.20 bits per heavy atom. The summed E-state index contributed by atoms with van der Waals surface area (Å²) in [6, 6.07) is 6.90. The van der Waals surface area contributed by atoms with Crippen LogP contribution >= 0.6 is 0 Å². The summed E-state index contributed by atoms with van der Waals surface area (Å²) in [6.45, 7) is 1.43. The van der Waals surface area contributed by atoms with E-state index in [9.17, 15) is 14.9 Å². The second kappa shape index (κ2) is 5.74. The predicted molar refractivity (Wildman–Crippen MR) is 72.7 cm³/mol. The molecule has 0 unspecified atom stereocenters. The van der Waals surface area contributed by atoms with Crippen molar-refractivity contribution in [2.24, 2.45) is 0 Å². The SMILES string of the molecule is CC(=O)Nc1ccc(Nc2ncc([N+](=O)[O-])cn2)cc1.